The largest absolute Gasteiger partial charge is 0.463 e. The highest BCUT2D eigenvalue weighted by molar-refractivity contribution is 5.66. The molecule has 2 heteroatoms. The van der Waals surface area contributed by atoms with Gasteiger partial charge in [-0.1, -0.05) is 12.2 Å². The van der Waals surface area contributed by atoms with Crippen molar-refractivity contribution < 1.29 is 9.53 Å². The molecule has 0 radical (unpaired) electrons. The van der Waals surface area contributed by atoms with Gasteiger partial charge in [-0.05, 0) is 32.1 Å². The van der Waals surface area contributed by atoms with Crippen LogP contribution in [0.3, 0.4) is 0 Å². The van der Waals surface area contributed by atoms with Crippen LogP contribution in [-0.2, 0) is 9.53 Å². The molecule has 0 heterocycles. The smallest absolute Gasteiger partial charge is 0.302 e. The molecule has 0 bridgehead atoms. The zero-order valence-corrected chi connectivity index (χ0v) is 7.75. The zero-order chi connectivity index (χ0) is 8.97. The SMILES string of the molecule is CC(=O)OC(C)C1CC=CCC1. The molecule has 2 nitrogen and oxygen atoms in total. The minimum Gasteiger partial charge on any atom is -0.463 e. The van der Waals surface area contributed by atoms with E-state index in [4.69, 9.17) is 4.74 Å². The lowest BCUT2D eigenvalue weighted by Gasteiger charge is -2.24. The summed E-state index contributed by atoms with van der Waals surface area (Å²) in [6.07, 6.45) is 7.76. The fraction of sp³-hybridized carbons (Fsp3) is 0.700. The van der Waals surface area contributed by atoms with Gasteiger partial charge in [0.25, 0.3) is 0 Å². The van der Waals surface area contributed by atoms with E-state index in [-0.39, 0.29) is 12.1 Å². The van der Waals surface area contributed by atoms with E-state index in [1.807, 2.05) is 6.92 Å². The van der Waals surface area contributed by atoms with Crippen molar-refractivity contribution in [1.29, 1.82) is 0 Å². The number of rotatable bonds is 2. The normalized spacial score (nSPS) is 25.0. The van der Waals surface area contributed by atoms with Crippen LogP contribution in [0.4, 0.5) is 0 Å². The highest BCUT2D eigenvalue weighted by atomic mass is 16.5. The van der Waals surface area contributed by atoms with Gasteiger partial charge in [0.05, 0.1) is 0 Å². The Labute approximate surface area is 73.6 Å². The minimum absolute atomic E-state index is 0.0763. The third-order valence-electron chi connectivity index (χ3n) is 2.33. The first-order valence-electron chi connectivity index (χ1n) is 4.52. The first-order chi connectivity index (χ1) is 5.70. The van der Waals surface area contributed by atoms with Gasteiger partial charge in [0, 0.05) is 6.92 Å². The van der Waals surface area contributed by atoms with Crippen molar-refractivity contribution in [2.24, 2.45) is 5.92 Å². The monoisotopic (exact) mass is 168 g/mol. The molecule has 2 atom stereocenters. The lowest BCUT2D eigenvalue weighted by Crippen LogP contribution is -2.23. The summed E-state index contributed by atoms with van der Waals surface area (Å²) in [6, 6.07) is 0. The maximum absolute atomic E-state index is 10.7. The summed E-state index contributed by atoms with van der Waals surface area (Å²) in [4.78, 5) is 10.7. The van der Waals surface area contributed by atoms with Crippen LogP contribution in [0.5, 0.6) is 0 Å². The Morgan fingerprint density at radius 1 is 1.58 bits per heavy atom. The second-order valence-electron chi connectivity index (χ2n) is 3.36. The average molecular weight is 168 g/mol. The van der Waals surface area contributed by atoms with Crippen LogP contribution in [0.15, 0.2) is 12.2 Å². The molecule has 0 amide bonds. The molecule has 0 aromatic carbocycles. The van der Waals surface area contributed by atoms with E-state index < -0.39 is 0 Å². The van der Waals surface area contributed by atoms with Gasteiger partial charge in [-0.2, -0.15) is 0 Å². The second-order valence-corrected chi connectivity index (χ2v) is 3.36. The van der Waals surface area contributed by atoms with Crippen molar-refractivity contribution >= 4 is 5.97 Å². The Morgan fingerprint density at radius 2 is 2.33 bits per heavy atom. The van der Waals surface area contributed by atoms with Crippen molar-refractivity contribution in [3.8, 4) is 0 Å². The molecule has 1 rings (SSSR count). The van der Waals surface area contributed by atoms with E-state index in [2.05, 4.69) is 12.2 Å². The summed E-state index contributed by atoms with van der Waals surface area (Å²) in [5.41, 5.74) is 0. The third kappa shape index (κ3) is 2.68. The van der Waals surface area contributed by atoms with E-state index in [0.717, 1.165) is 19.3 Å². The number of ether oxygens (including phenoxy) is 1. The molecule has 0 aliphatic heterocycles. The predicted octanol–water partition coefficient (Wildman–Crippen LogP) is 2.29. The Bertz CT molecular complexity index is 184. The summed E-state index contributed by atoms with van der Waals surface area (Å²) in [5.74, 6) is 0.357. The van der Waals surface area contributed by atoms with Gasteiger partial charge in [-0.3, -0.25) is 4.79 Å². The third-order valence-corrected chi connectivity index (χ3v) is 2.33. The Kier molecular flexibility index (Phi) is 3.32. The Morgan fingerprint density at radius 3 is 2.83 bits per heavy atom. The molecule has 1 aliphatic rings. The fourth-order valence-electron chi connectivity index (χ4n) is 1.60. The second kappa shape index (κ2) is 4.29. The molecule has 12 heavy (non-hydrogen) atoms. The molecule has 0 aromatic heterocycles. The van der Waals surface area contributed by atoms with Gasteiger partial charge < -0.3 is 4.74 Å². The Balaban J connectivity index is 2.35. The molecule has 2 unspecified atom stereocenters. The van der Waals surface area contributed by atoms with E-state index in [1.165, 1.54) is 6.92 Å². The molecule has 0 aromatic rings. The van der Waals surface area contributed by atoms with Crippen LogP contribution in [0.2, 0.25) is 0 Å². The standard InChI is InChI=1S/C10H16O2/c1-8(12-9(2)11)10-6-4-3-5-7-10/h3-4,8,10H,5-7H2,1-2H3. The van der Waals surface area contributed by atoms with Crippen molar-refractivity contribution in [2.75, 3.05) is 0 Å². The number of carbonyl (C=O) groups excluding carboxylic acids is 1. The summed E-state index contributed by atoms with van der Waals surface area (Å²) in [5, 5.41) is 0. The van der Waals surface area contributed by atoms with Gasteiger partial charge in [0.15, 0.2) is 0 Å². The van der Waals surface area contributed by atoms with E-state index in [9.17, 15) is 4.79 Å². The molecule has 1 aliphatic carbocycles. The van der Waals surface area contributed by atoms with Crippen LogP contribution < -0.4 is 0 Å². The van der Waals surface area contributed by atoms with E-state index >= 15 is 0 Å². The molecular weight excluding hydrogens is 152 g/mol. The van der Waals surface area contributed by atoms with Gasteiger partial charge in [-0.25, -0.2) is 0 Å². The highest BCUT2D eigenvalue weighted by Crippen LogP contribution is 2.23. The summed E-state index contributed by atoms with van der Waals surface area (Å²) in [7, 11) is 0. The molecule has 0 saturated carbocycles. The molecular formula is C10H16O2. The molecule has 0 fully saturated rings. The van der Waals surface area contributed by atoms with Crippen molar-refractivity contribution in [3.63, 3.8) is 0 Å². The predicted molar refractivity (Wildman–Crippen MR) is 47.7 cm³/mol. The maximum atomic E-state index is 10.7. The summed E-state index contributed by atoms with van der Waals surface area (Å²) < 4.78 is 5.12. The van der Waals surface area contributed by atoms with E-state index in [0.29, 0.717) is 5.92 Å². The van der Waals surface area contributed by atoms with E-state index in [1.54, 1.807) is 0 Å². The van der Waals surface area contributed by atoms with Crippen LogP contribution in [-0.4, -0.2) is 12.1 Å². The van der Waals surface area contributed by atoms with Crippen LogP contribution in [0.1, 0.15) is 33.1 Å². The molecule has 0 spiro atoms. The van der Waals surface area contributed by atoms with Crippen LogP contribution in [0.25, 0.3) is 0 Å². The van der Waals surface area contributed by atoms with Gasteiger partial charge in [0.1, 0.15) is 6.10 Å². The van der Waals surface area contributed by atoms with Gasteiger partial charge in [0.2, 0.25) is 0 Å². The van der Waals surface area contributed by atoms with Gasteiger partial charge in [-0.15, -0.1) is 0 Å². The van der Waals surface area contributed by atoms with Gasteiger partial charge >= 0.3 is 5.97 Å². The molecule has 0 saturated heterocycles. The average Bonchev–Trinajstić information content (AvgIpc) is 2.05. The first kappa shape index (κ1) is 9.30. The quantitative estimate of drug-likeness (QED) is 0.467. The topological polar surface area (TPSA) is 26.3 Å². The van der Waals surface area contributed by atoms with Crippen LogP contribution >= 0.6 is 0 Å². The van der Waals surface area contributed by atoms with Crippen LogP contribution in [0, 0.1) is 5.92 Å². The van der Waals surface area contributed by atoms with Crippen molar-refractivity contribution in [1.82, 2.24) is 0 Å². The number of hydrogen-bond acceptors (Lipinski definition) is 2. The number of carbonyl (C=O) groups is 1. The van der Waals surface area contributed by atoms with Crippen molar-refractivity contribution in [3.05, 3.63) is 12.2 Å². The maximum Gasteiger partial charge on any atom is 0.302 e. The Hall–Kier alpha value is -0.790. The van der Waals surface area contributed by atoms with Crippen molar-refractivity contribution in [2.45, 2.75) is 39.2 Å². The zero-order valence-electron chi connectivity index (χ0n) is 7.75. The number of hydrogen-bond donors (Lipinski definition) is 0. The number of esters is 1. The molecule has 0 N–H and O–H groups in total. The lowest BCUT2D eigenvalue weighted by molar-refractivity contribution is -0.148. The summed E-state index contributed by atoms with van der Waals surface area (Å²) in [6.45, 7) is 3.44. The first-order valence-corrected chi connectivity index (χ1v) is 4.52. The summed E-state index contributed by atoms with van der Waals surface area (Å²) >= 11 is 0. The lowest BCUT2D eigenvalue weighted by atomic mass is 9.90. The fourth-order valence-corrected chi connectivity index (χ4v) is 1.60. The number of allylic oxidation sites excluding steroid dienone is 2. The molecule has 68 valence electrons. The minimum atomic E-state index is -0.169. The highest BCUT2D eigenvalue weighted by Gasteiger charge is 2.19.